The zero-order valence-corrected chi connectivity index (χ0v) is 12.7. The van der Waals surface area contributed by atoms with Gasteiger partial charge in [0.25, 0.3) is 0 Å². The fourth-order valence-corrected chi connectivity index (χ4v) is 2.48. The first-order valence-electron chi connectivity index (χ1n) is 7.33. The molecular formula is C15H16F3N5O. The Balaban J connectivity index is 1.92. The Labute approximate surface area is 136 Å². The zero-order chi connectivity index (χ0) is 17.2. The van der Waals surface area contributed by atoms with E-state index in [-0.39, 0.29) is 17.2 Å². The highest BCUT2D eigenvalue weighted by molar-refractivity contribution is 5.79. The molecule has 128 valence electrons. The van der Waals surface area contributed by atoms with Crippen molar-refractivity contribution in [1.29, 1.82) is 0 Å². The third-order valence-electron chi connectivity index (χ3n) is 3.66. The van der Waals surface area contributed by atoms with Gasteiger partial charge in [-0.1, -0.05) is 12.1 Å². The number of aromatic nitrogens is 2. The number of nitrogens with two attached hydrogens (primary N) is 1. The number of nitrogens with zero attached hydrogens (tertiary/aromatic N) is 3. The molecule has 3 N–H and O–H groups in total. The van der Waals surface area contributed by atoms with E-state index in [0.717, 1.165) is 6.07 Å². The summed E-state index contributed by atoms with van der Waals surface area (Å²) in [4.78, 5) is 10.0. The van der Waals surface area contributed by atoms with Crippen molar-refractivity contribution in [2.75, 3.05) is 42.3 Å². The molecule has 0 saturated carbocycles. The van der Waals surface area contributed by atoms with Crippen LogP contribution in [0.2, 0.25) is 0 Å². The second-order valence-electron chi connectivity index (χ2n) is 5.23. The number of anilines is 4. The summed E-state index contributed by atoms with van der Waals surface area (Å²) in [5.41, 5.74) is 5.39. The number of nitrogen functional groups attached to an aromatic ring is 1. The Hall–Kier alpha value is -2.55. The first-order valence-corrected chi connectivity index (χ1v) is 7.33. The number of benzene rings is 1. The van der Waals surface area contributed by atoms with Gasteiger partial charge in [0.2, 0.25) is 0 Å². The molecule has 2 aromatic rings. The molecule has 0 radical (unpaired) electrons. The minimum atomic E-state index is -4.47. The molecule has 3 rings (SSSR count). The predicted octanol–water partition coefficient (Wildman–Crippen LogP) is 2.66. The third-order valence-corrected chi connectivity index (χ3v) is 3.66. The zero-order valence-electron chi connectivity index (χ0n) is 12.7. The van der Waals surface area contributed by atoms with E-state index in [0.29, 0.717) is 32.1 Å². The van der Waals surface area contributed by atoms with Crippen LogP contribution < -0.4 is 16.0 Å². The average molecular weight is 339 g/mol. The van der Waals surface area contributed by atoms with Crippen molar-refractivity contribution in [1.82, 2.24) is 9.97 Å². The summed E-state index contributed by atoms with van der Waals surface area (Å²) in [6, 6.07) is 5.18. The van der Waals surface area contributed by atoms with Gasteiger partial charge in [-0.25, -0.2) is 9.97 Å². The Kier molecular flexibility index (Phi) is 4.43. The van der Waals surface area contributed by atoms with Crippen LogP contribution in [-0.2, 0) is 10.9 Å². The number of ether oxygens (including phenoxy) is 1. The number of morpholine rings is 1. The van der Waals surface area contributed by atoms with Crippen molar-refractivity contribution in [2.24, 2.45) is 0 Å². The van der Waals surface area contributed by atoms with Crippen LogP contribution in [-0.4, -0.2) is 36.3 Å². The third kappa shape index (κ3) is 3.35. The number of alkyl halides is 3. The number of nitrogens with one attached hydrogen (secondary N) is 1. The molecule has 9 heteroatoms. The lowest BCUT2D eigenvalue weighted by molar-refractivity contribution is -0.136. The fourth-order valence-electron chi connectivity index (χ4n) is 2.48. The average Bonchev–Trinajstić information content (AvgIpc) is 2.57. The van der Waals surface area contributed by atoms with Gasteiger partial charge in [-0.05, 0) is 12.1 Å². The minimum Gasteiger partial charge on any atom is -0.393 e. The second-order valence-corrected chi connectivity index (χ2v) is 5.23. The van der Waals surface area contributed by atoms with Crippen LogP contribution in [0.1, 0.15) is 5.56 Å². The maximum Gasteiger partial charge on any atom is 0.418 e. The van der Waals surface area contributed by atoms with Crippen LogP contribution in [0.5, 0.6) is 0 Å². The smallest absolute Gasteiger partial charge is 0.393 e. The number of halogens is 3. The van der Waals surface area contributed by atoms with E-state index in [2.05, 4.69) is 15.3 Å². The summed E-state index contributed by atoms with van der Waals surface area (Å²) in [6.45, 7) is 2.31. The fraction of sp³-hybridized carbons (Fsp3) is 0.333. The standard InChI is InChI=1S/C15H16F3N5O/c16-15(17,18)10-3-1-2-4-11(10)22-13-12(19)14(21-9-20-13)23-5-7-24-8-6-23/h1-4,9H,5-8,19H2,(H,20,21,22). The maximum absolute atomic E-state index is 13.1. The van der Waals surface area contributed by atoms with Crippen molar-refractivity contribution in [2.45, 2.75) is 6.18 Å². The topological polar surface area (TPSA) is 76.3 Å². The van der Waals surface area contributed by atoms with Crippen molar-refractivity contribution in [3.05, 3.63) is 36.2 Å². The number of rotatable bonds is 3. The van der Waals surface area contributed by atoms with Crippen molar-refractivity contribution in [3.63, 3.8) is 0 Å². The maximum atomic E-state index is 13.1. The molecule has 24 heavy (non-hydrogen) atoms. The van der Waals surface area contributed by atoms with Gasteiger partial charge < -0.3 is 20.7 Å². The molecule has 0 unspecified atom stereocenters. The molecule has 0 bridgehead atoms. The van der Waals surface area contributed by atoms with Gasteiger partial charge in [0.15, 0.2) is 11.6 Å². The summed E-state index contributed by atoms with van der Waals surface area (Å²) in [7, 11) is 0. The van der Waals surface area contributed by atoms with Crippen molar-refractivity contribution < 1.29 is 17.9 Å². The van der Waals surface area contributed by atoms with Crippen LogP contribution in [0.25, 0.3) is 0 Å². The van der Waals surface area contributed by atoms with Crippen LogP contribution in [0, 0.1) is 0 Å². The molecular weight excluding hydrogens is 323 g/mol. The first-order chi connectivity index (χ1) is 11.5. The monoisotopic (exact) mass is 339 g/mol. The summed E-state index contributed by atoms with van der Waals surface area (Å²) in [5, 5.41) is 2.67. The van der Waals surface area contributed by atoms with E-state index in [1.165, 1.54) is 24.5 Å². The normalized spacial score (nSPS) is 15.4. The van der Waals surface area contributed by atoms with E-state index in [1.807, 2.05) is 4.90 Å². The van der Waals surface area contributed by atoms with E-state index in [4.69, 9.17) is 10.5 Å². The molecule has 1 aliphatic rings. The largest absolute Gasteiger partial charge is 0.418 e. The lowest BCUT2D eigenvalue weighted by Gasteiger charge is -2.29. The van der Waals surface area contributed by atoms with Crippen molar-refractivity contribution in [3.8, 4) is 0 Å². The molecule has 1 fully saturated rings. The highest BCUT2D eigenvalue weighted by Crippen LogP contribution is 2.37. The van der Waals surface area contributed by atoms with Crippen LogP contribution in [0.15, 0.2) is 30.6 Å². The Morgan fingerprint density at radius 1 is 1.12 bits per heavy atom. The Morgan fingerprint density at radius 2 is 1.83 bits per heavy atom. The first kappa shape index (κ1) is 16.3. The molecule has 1 aliphatic heterocycles. The summed E-state index contributed by atoms with van der Waals surface area (Å²) >= 11 is 0. The van der Waals surface area contributed by atoms with Crippen LogP contribution >= 0.6 is 0 Å². The van der Waals surface area contributed by atoms with E-state index < -0.39 is 11.7 Å². The summed E-state index contributed by atoms with van der Waals surface area (Å²) in [6.07, 6.45) is -3.20. The summed E-state index contributed by atoms with van der Waals surface area (Å²) < 4.78 is 44.6. The van der Waals surface area contributed by atoms with Crippen LogP contribution in [0.4, 0.5) is 36.2 Å². The molecule has 1 saturated heterocycles. The Bertz CT molecular complexity index is 716. The molecule has 6 nitrogen and oxygen atoms in total. The minimum absolute atomic E-state index is 0.108. The van der Waals surface area contributed by atoms with Gasteiger partial charge >= 0.3 is 6.18 Å². The van der Waals surface area contributed by atoms with E-state index in [1.54, 1.807) is 0 Å². The molecule has 0 aliphatic carbocycles. The lowest BCUT2D eigenvalue weighted by atomic mass is 10.1. The molecule has 0 spiro atoms. The van der Waals surface area contributed by atoms with Crippen molar-refractivity contribution >= 4 is 23.0 Å². The van der Waals surface area contributed by atoms with Gasteiger partial charge in [-0.3, -0.25) is 0 Å². The van der Waals surface area contributed by atoms with Crippen LogP contribution in [0.3, 0.4) is 0 Å². The summed E-state index contributed by atoms with van der Waals surface area (Å²) in [5.74, 6) is 0.628. The SMILES string of the molecule is Nc1c(Nc2ccccc2C(F)(F)F)ncnc1N1CCOCC1. The molecule has 1 aromatic heterocycles. The van der Waals surface area contributed by atoms with E-state index >= 15 is 0 Å². The Morgan fingerprint density at radius 3 is 2.54 bits per heavy atom. The molecule has 0 amide bonds. The second kappa shape index (κ2) is 6.52. The number of hydrogen-bond acceptors (Lipinski definition) is 6. The number of para-hydroxylation sites is 1. The van der Waals surface area contributed by atoms with Gasteiger partial charge in [0.05, 0.1) is 24.5 Å². The molecule has 2 heterocycles. The van der Waals surface area contributed by atoms with E-state index in [9.17, 15) is 13.2 Å². The van der Waals surface area contributed by atoms with Gasteiger partial charge in [-0.15, -0.1) is 0 Å². The molecule has 1 aromatic carbocycles. The van der Waals surface area contributed by atoms with Gasteiger partial charge in [0.1, 0.15) is 12.0 Å². The highest BCUT2D eigenvalue weighted by Gasteiger charge is 2.33. The lowest BCUT2D eigenvalue weighted by Crippen LogP contribution is -2.37. The molecule has 0 atom stereocenters. The number of hydrogen-bond donors (Lipinski definition) is 2. The van der Waals surface area contributed by atoms with Gasteiger partial charge in [0, 0.05) is 13.1 Å². The predicted molar refractivity (Wildman–Crippen MR) is 84.2 cm³/mol. The van der Waals surface area contributed by atoms with Gasteiger partial charge in [-0.2, -0.15) is 13.2 Å². The highest BCUT2D eigenvalue weighted by atomic mass is 19.4. The quantitative estimate of drug-likeness (QED) is 0.895.